The van der Waals surface area contributed by atoms with Crippen LogP contribution in [0, 0.1) is 13.0 Å². The van der Waals surface area contributed by atoms with Crippen LogP contribution in [-0.2, 0) is 39.1 Å². The molecule has 1 N–H and O–H groups in total. The molecule has 0 amide bonds. The van der Waals surface area contributed by atoms with Crippen molar-refractivity contribution in [3.05, 3.63) is 93.8 Å². The van der Waals surface area contributed by atoms with E-state index in [0.29, 0.717) is 24.2 Å². The quantitative estimate of drug-likeness (QED) is 0.252. The van der Waals surface area contributed by atoms with Crippen LogP contribution >= 0.6 is 0 Å². The number of fused-ring (bicyclic) bond motifs is 1. The fourth-order valence-electron chi connectivity index (χ4n) is 4.71. The summed E-state index contributed by atoms with van der Waals surface area (Å²) in [5, 5.41) is 10.7. The topological polar surface area (TPSA) is 62.9 Å². The molecule has 0 saturated carbocycles. The summed E-state index contributed by atoms with van der Waals surface area (Å²) >= 11 is 0. The van der Waals surface area contributed by atoms with Gasteiger partial charge in [-0.1, -0.05) is 19.1 Å². The second kappa shape index (κ2) is 11.5. The molecule has 0 unspecified atom stereocenters. The van der Waals surface area contributed by atoms with Crippen molar-refractivity contribution in [1.82, 2.24) is 4.90 Å². The van der Waals surface area contributed by atoms with Gasteiger partial charge in [-0.05, 0) is 67.7 Å². The second-order valence-corrected chi connectivity index (χ2v) is 8.88. The largest absolute Gasteiger partial charge is 0.508 e. The van der Waals surface area contributed by atoms with Gasteiger partial charge >= 0.3 is 5.63 Å². The zero-order valence-corrected chi connectivity index (χ0v) is 22.8. The van der Waals surface area contributed by atoms with E-state index in [2.05, 4.69) is 11.0 Å². The molecule has 0 aliphatic carbocycles. The number of phenolic OH excluding ortho intramolecular Hbond substituents is 1. The molecule has 0 bridgehead atoms. The van der Waals surface area contributed by atoms with Gasteiger partial charge in [0.25, 0.3) is 0 Å². The van der Waals surface area contributed by atoms with Crippen molar-refractivity contribution in [2.24, 2.45) is 0 Å². The molecule has 1 aliphatic rings. The molecule has 0 spiro atoms. The molecule has 2 heterocycles. The summed E-state index contributed by atoms with van der Waals surface area (Å²) in [4.78, 5) is 15.5. The first kappa shape index (κ1) is 25.6. The summed E-state index contributed by atoms with van der Waals surface area (Å²) < 4.78 is 11.6. The van der Waals surface area contributed by atoms with Crippen LogP contribution in [0.1, 0.15) is 29.5 Å². The van der Waals surface area contributed by atoms with E-state index in [9.17, 15) is 9.90 Å². The molecule has 35 heavy (non-hydrogen) atoms. The summed E-state index contributed by atoms with van der Waals surface area (Å²) in [6.07, 6.45) is 3.11. The normalized spacial score (nSPS) is 13.6. The Kier molecular flexibility index (Phi) is 8.43. The number of nitrogens with zero attached hydrogens (tertiary/aromatic N) is 1. The van der Waals surface area contributed by atoms with Gasteiger partial charge in [-0.3, -0.25) is 4.90 Å². The van der Waals surface area contributed by atoms with E-state index in [1.54, 1.807) is 12.1 Å². The summed E-state index contributed by atoms with van der Waals surface area (Å²) in [5.74, 6) is 0.912. The predicted octanol–water partition coefficient (Wildman–Crippen LogP) is 5.34. The fraction of sp³-hybridized carbons (Fsp3) is 0.276. The van der Waals surface area contributed by atoms with E-state index in [-0.39, 0.29) is 38.5 Å². The van der Waals surface area contributed by atoms with Gasteiger partial charge in [-0.15, -0.1) is 5.56 Å². The Hall–Kier alpha value is -2.47. The van der Waals surface area contributed by atoms with Crippen LogP contribution in [0.15, 0.2) is 69.9 Å². The third-order valence-electron chi connectivity index (χ3n) is 6.52. The SMILES string of the molecule is Cc1c[c-]ccc1-c1c(Cc2ccc(OCCN3CCCC3)cc2)c2ccc(O)cc2oc1=O.[Y]. The number of rotatable bonds is 7. The van der Waals surface area contributed by atoms with Crippen molar-refractivity contribution >= 4 is 11.0 Å². The van der Waals surface area contributed by atoms with Crippen LogP contribution in [0.25, 0.3) is 22.1 Å². The minimum Gasteiger partial charge on any atom is -0.508 e. The molecule has 1 radical (unpaired) electrons. The Labute approximate surface area is 230 Å². The Balaban J connectivity index is 0.00000289. The molecule has 3 aromatic carbocycles. The van der Waals surface area contributed by atoms with Crippen molar-refractivity contribution in [3.8, 4) is 22.6 Å². The van der Waals surface area contributed by atoms with Crippen LogP contribution in [0.3, 0.4) is 0 Å². The number of hydrogen-bond donors (Lipinski definition) is 1. The van der Waals surface area contributed by atoms with Gasteiger partial charge < -0.3 is 14.3 Å². The first-order valence-corrected chi connectivity index (χ1v) is 11.8. The van der Waals surface area contributed by atoms with E-state index in [0.717, 1.165) is 39.9 Å². The van der Waals surface area contributed by atoms with E-state index < -0.39 is 5.63 Å². The van der Waals surface area contributed by atoms with Gasteiger partial charge in [0.05, 0.1) is 0 Å². The third-order valence-corrected chi connectivity index (χ3v) is 6.52. The minimum atomic E-state index is -0.413. The molecule has 1 aromatic heterocycles. The van der Waals surface area contributed by atoms with Crippen LogP contribution in [-0.4, -0.2) is 36.2 Å². The van der Waals surface area contributed by atoms with Crippen LogP contribution < -0.4 is 10.4 Å². The van der Waals surface area contributed by atoms with Gasteiger partial charge in [-0.2, -0.15) is 29.8 Å². The van der Waals surface area contributed by atoms with Gasteiger partial charge in [0.15, 0.2) is 0 Å². The van der Waals surface area contributed by atoms with Gasteiger partial charge in [-0.25, -0.2) is 4.79 Å². The number of hydrogen-bond acceptors (Lipinski definition) is 5. The number of ether oxygens (including phenoxy) is 1. The summed E-state index contributed by atoms with van der Waals surface area (Å²) in [6, 6.07) is 21.6. The number of benzene rings is 3. The smallest absolute Gasteiger partial charge is 0.342 e. The maximum absolute atomic E-state index is 13.1. The molecule has 177 valence electrons. The Morgan fingerprint density at radius 3 is 2.60 bits per heavy atom. The predicted molar refractivity (Wildman–Crippen MR) is 134 cm³/mol. The summed E-state index contributed by atoms with van der Waals surface area (Å²) in [7, 11) is 0. The minimum absolute atomic E-state index is 0. The van der Waals surface area contributed by atoms with Crippen LogP contribution in [0.2, 0.25) is 0 Å². The summed E-state index contributed by atoms with van der Waals surface area (Å²) in [6.45, 7) is 5.93. The average molecular weight is 543 g/mol. The number of likely N-dealkylation sites (tertiary alicyclic amines) is 1. The number of aromatic hydroxyl groups is 1. The zero-order valence-electron chi connectivity index (χ0n) is 19.9. The van der Waals surface area contributed by atoms with Crippen molar-refractivity contribution < 1.29 is 47.0 Å². The van der Waals surface area contributed by atoms with Crippen molar-refractivity contribution in [2.75, 3.05) is 26.2 Å². The van der Waals surface area contributed by atoms with Gasteiger partial charge in [0, 0.05) is 56.3 Å². The fourth-order valence-corrected chi connectivity index (χ4v) is 4.71. The van der Waals surface area contributed by atoms with Crippen molar-refractivity contribution in [3.63, 3.8) is 0 Å². The van der Waals surface area contributed by atoms with E-state index in [4.69, 9.17) is 9.15 Å². The average Bonchev–Trinajstić information content (AvgIpc) is 3.34. The van der Waals surface area contributed by atoms with E-state index in [1.807, 2.05) is 49.4 Å². The van der Waals surface area contributed by atoms with Crippen LogP contribution in [0.5, 0.6) is 11.5 Å². The third kappa shape index (κ3) is 5.86. The Morgan fingerprint density at radius 1 is 1.09 bits per heavy atom. The molecule has 6 heteroatoms. The monoisotopic (exact) mass is 543 g/mol. The standard InChI is InChI=1S/C29H28NO4.Y/c1-20-6-2-3-7-24(20)28-26(25-13-10-22(31)19-27(25)34-29(28)32)18-21-8-11-23(12-9-21)33-17-16-30-14-4-5-15-30;/h3,6-13,19,31H,4-5,14-18H2,1H3;/q-1;. The molecule has 0 atom stereocenters. The van der Waals surface area contributed by atoms with Crippen molar-refractivity contribution in [2.45, 2.75) is 26.2 Å². The zero-order chi connectivity index (χ0) is 23.5. The van der Waals surface area contributed by atoms with E-state index in [1.165, 1.54) is 32.0 Å². The maximum Gasteiger partial charge on any atom is 0.342 e. The maximum atomic E-state index is 13.1. The number of aryl methyl sites for hydroxylation is 1. The summed E-state index contributed by atoms with van der Waals surface area (Å²) in [5.41, 5.74) is 4.25. The molecule has 5 nitrogen and oxygen atoms in total. The molecule has 5 rings (SSSR count). The van der Waals surface area contributed by atoms with Crippen LogP contribution in [0.4, 0.5) is 0 Å². The van der Waals surface area contributed by atoms with Crippen molar-refractivity contribution in [1.29, 1.82) is 0 Å². The molecular weight excluding hydrogens is 515 g/mol. The molecule has 1 saturated heterocycles. The first-order chi connectivity index (χ1) is 16.6. The van der Waals surface area contributed by atoms with Gasteiger partial charge in [0.1, 0.15) is 23.7 Å². The Bertz CT molecular complexity index is 1360. The second-order valence-electron chi connectivity index (χ2n) is 8.88. The Morgan fingerprint density at radius 2 is 1.86 bits per heavy atom. The van der Waals surface area contributed by atoms with E-state index >= 15 is 0 Å². The molecule has 1 aliphatic heterocycles. The van der Waals surface area contributed by atoms with Gasteiger partial charge in [0.2, 0.25) is 0 Å². The molecule has 1 fully saturated rings. The molecular formula is C29H28NO4Y-. The number of phenols is 1. The molecule has 4 aromatic rings. The first-order valence-electron chi connectivity index (χ1n) is 11.8.